The lowest BCUT2D eigenvalue weighted by molar-refractivity contribution is 0.0743. The number of carbonyl (C=O) groups is 1. The van der Waals surface area contributed by atoms with Crippen molar-refractivity contribution in [2.45, 2.75) is 6.92 Å². The number of nitrogens with zero attached hydrogens (tertiary/aromatic N) is 2. The van der Waals surface area contributed by atoms with Crippen molar-refractivity contribution in [1.82, 2.24) is 4.90 Å². The third-order valence-corrected chi connectivity index (χ3v) is 4.36. The van der Waals surface area contributed by atoms with E-state index in [2.05, 4.69) is 36.1 Å². The fourth-order valence-electron chi connectivity index (χ4n) is 3.06. The van der Waals surface area contributed by atoms with Gasteiger partial charge in [-0.25, -0.2) is 0 Å². The Bertz CT molecular complexity index is 691. The molecule has 1 aliphatic heterocycles. The molecule has 0 unspecified atom stereocenters. The molecule has 1 amide bonds. The van der Waals surface area contributed by atoms with Gasteiger partial charge in [-0.05, 0) is 30.7 Å². The average Bonchev–Trinajstić information content (AvgIpc) is 2.61. The lowest BCUT2D eigenvalue weighted by Gasteiger charge is -2.37. The molecule has 0 bridgehead atoms. The minimum Gasteiger partial charge on any atom is -0.496 e. The molecular weight excluding hydrogens is 288 g/mol. The van der Waals surface area contributed by atoms with Crippen molar-refractivity contribution in [2.24, 2.45) is 0 Å². The van der Waals surface area contributed by atoms with Crippen LogP contribution >= 0.6 is 0 Å². The van der Waals surface area contributed by atoms with Crippen LogP contribution in [0, 0.1) is 6.92 Å². The number of amides is 1. The second-order valence-electron chi connectivity index (χ2n) is 5.77. The Morgan fingerprint density at radius 2 is 1.61 bits per heavy atom. The van der Waals surface area contributed by atoms with Crippen LogP contribution < -0.4 is 9.64 Å². The number of aryl methyl sites for hydroxylation is 1. The third kappa shape index (κ3) is 3.16. The Hall–Kier alpha value is -2.49. The highest BCUT2D eigenvalue weighted by molar-refractivity contribution is 5.97. The zero-order valence-electron chi connectivity index (χ0n) is 13.7. The Labute approximate surface area is 137 Å². The van der Waals surface area contributed by atoms with Gasteiger partial charge in [0.05, 0.1) is 12.7 Å². The molecular formula is C19H22N2O2. The van der Waals surface area contributed by atoms with Crippen LogP contribution in [0.3, 0.4) is 0 Å². The summed E-state index contributed by atoms with van der Waals surface area (Å²) < 4.78 is 5.31. The second kappa shape index (κ2) is 6.73. The lowest BCUT2D eigenvalue weighted by Crippen LogP contribution is -2.49. The van der Waals surface area contributed by atoms with Gasteiger partial charge in [-0.3, -0.25) is 4.79 Å². The minimum atomic E-state index is 0.0480. The fraction of sp³-hybridized carbons (Fsp3) is 0.316. The summed E-state index contributed by atoms with van der Waals surface area (Å²) in [5, 5.41) is 0. The van der Waals surface area contributed by atoms with Gasteiger partial charge in [0.25, 0.3) is 5.91 Å². The van der Waals surface area contributed by atoms with E-state index in [1.54, 1.807) is 7.11 Å². The highest BCUT2D eigenvalue weighted by Crippen LogP contribution is 2.23. The van der Waals surface area contributed by atoms with E-state index in [0.717, 1.165) is 26.2 Å². The molecule has 0 aromatic heterocycles. The predicted octanol–water partition coefficient (Wildman–Crippen LogP) is 2.97. The standard InChI is InChI=1S/C19H22N2O2/c1-15-7-3-5-9-17(15)20-11-13-21(14-12-20)19(22)16-8-4-6-10-18(16)23-2/h3-10H,11-14H2,1-2H3. The van der Waals surface area contributed by atoms with Gasteiger partial charge >= 0.3 is 0 Å². The first kappa shape index (κ1) is 15.4. The topological polar surface area (TPSA) is 32.8 Å². The van der Waals surface area contributed by atoms with Crippen LogP contribution in [0.5, 0.6) is 5.75 Å². The molecule has 3 rings (SSSR count). The van der Waals surface area contributed by atoms with E-state index in [4.69, 9.17) is 4.74 Å². The van der Waals surface area contributed by atoms with Crippen molar-refractivity contribution in [2.75, 3.05) is 38.2 Å². The largest absolute Gasteiger partial charge is 0.496 e. The van der Waals surface area contributed by atoms with Gasteiger partial charge in [-0.2, -0.15) is 0 Å². The number of hydrogen-bond acceptors (Lipinski definition) is 3. The number of hydrogen-bond donors (Lipinski definition) is 0. The van der Waals surface area contributed by atoms with Crippen LogP contribution in [-0.2, 0) is 0 Å². The number of benzene rings is 2. The fourth-order valence-corrected chi connectivity index (χ4v) is 3.06. The molecule has 23 heavy (non-hydrogen) atoms. The van der Waals surface area contributed by atoms with Crippen LogP contribution in [0.4, 0.5) is 5.69 Å². The van der Waals surface area contributed by atoms with Gasteiger partial charge in [0, 0.05) is 31.9 Å². The second-order valence-corrected chi connectivity index (χ2v) is 5.77. The Morgan fingerprint density at radius 3 is 2.30 bits per heavy atom. The summed E-state index contributed by atoms with van der Waals surface area (Å²) in [7, 11) is 1.60. The zero-order valence-corrected chi connectivity index (χ0v) is 13.7. The predicted molar refractivity (Wildman–Crippen MR) is 92.3 cm³/mol. The summed E-state index contributed by atoms with van der Waals surface area (Å²) in [6.45, 7) is 5.29. The molecule has 4 heteroatoms. The van der Waals surface area contributed by atoms with Gasteiger partial charge < -0.3 is 14.5 Å². The van der Waals surface area contributed by atoms with E-state index in [1.165, 1.54) is 11.3 Å². The van der Waals surface area contributed by atoms with Gasteiger partial charge in [0.1, 0.15) is 5.75 Å². The molecule has 1 heterocycles. The first-order valence-corrected chi connectivity index (χ1v) is 7.93. The quantitative estimate of drug-likeness (QED) is 0.874. The molecule has 1 aliphatic rings. The summed E-state index contributed by atoms with van der Waals surface area (Å²) in [4.78, 5) is 17.0. The minimum absolute atomic E-state index is 0.0480. The van der Waals surface area contributed by atoms with Crippen molar-refractivity contribution in [1.29, 1.82) is 0 Å². The zero-order chi connectivity index (χ0) is 16.2. The highest BCUT2D eigenvalue weighted by Gasteiger charge is 2.24. The molecule has 0 saturated carbocycles. The number of rotatable bonds is 3. The first-order valence-electron chi connectivity index (χ1n) is 7.93. The number of ether oxygens (including phenoxy) is 1. The van der Waals surface area contributed by atoms with Gasteiger partial charge in [-0.15, -0.1) is 0 Å². The maximum Gasteiger partial charge on any atom is 0.257 e. The summed E-state index contributed by atoms with van der Waals surface area (Å²) in [6, 6.07) is 15.8. The highest BCUT2D eigenvalue weighted by atomic mass is 16.5. The molecule has 1 saturated heterocycles. The van der Waals surface area contributed by atoms with Crippen LogP contribution in [0.2, 0.25) is 0 Å². The number of methoxy groups -OCH3 is 1. The first-order chi connectivity index (χ1) is 11.2. The number of carbonyl (C=O) groups excluding carboxylic acids is 1. The van der Waals surface area contributed by atoms with Gasteiger partial charge in [-0.1, -0.05) is 30.3 Å². The molecule has 0 N–H and O–H groups in total. The Balaban J connectivity index is 1.69. The Kier molecular flexibility index (Phi) is 4.51. The molecule has 0 atom stereocenters. The number of para-hydroxylation sites is 2. The van der Waals surface area contributed by atoms with Crippen LogP contribution in [-0.4, -0.2) is 44.1 Å². The third-order valence-electron chi connectivity index (χ3n) is 4.36. The summed E-state index contributed by atoms with van der Waals surface area (Å²) in [5.41, 5.74) is 3.17. The monoisotopic (exact) mass is 310 g/mol. The smallest absolute Gasteiger partial charge is 0.257 e. The molecule has 0 radical (unpaired) electrons. The molecule has 1 fully saturated rings. The van der Waals surface area contributed by atoms with Crippen molar-refractivity contribution in [3.63, 3.8) is 0 Å². The molecule has 120 valence electrons. The maximum absolute atomic E-state index is 12.7. The average molecular weight is 310 g/mol. The number of anilines is 1. The Morgan fingerprint density at radius 1 is 0.957 bits per heavy atom. The van der Waals surface area contributed by atoms with E-state index in [0.29, 0.717) is 11.3 Å². The molecule has 0 spiro atoms. The normalized spacial score (nSPS) is 14.7. The van der Waals surface area contributed by atoms with E-state index in [9.17, 15) is 4.79 Å². The lowest BCUT2D eigenvalue weighted by atomic mass is 10.1. The molecule has 2 aromatic rings. The van der Waals surface area contributed by atoms with E-state index < -0.39 is 0 Å². The maximum atomic E-state index is 12.7. The van der Waals surface area contributed by atoms with Crippen molar-refractivity contribution >= 4 is 11.6 Å². The van der Waals surface area contributed by atoms with Crippen molar-refractivity contribution in [3.05, 3.63) is 59.7 Å². The SMILES string of the molecule is COc1ccccc1C(=O)N1CCN(c2ccccc2C)CC1. The van der Waals surface area contributed by atoms with Crippen LogP contribution in [0.25, 0.3) is 0 Å². The summed E-state index contributed by atoms with van der Waals surface area (Å²) >= 11 is 0. The van der Waals surface area contributed by atoms with Gasteiger partial charge in [0.2, 0.25) is 0 Å². The number of piperazine rings is 1. The van der Waals surface area contributed by atoms with Crippen LogP contribution in [0.15, 0.2) is 48.5 Å². The van der Waals surface area contributed by atoms with Crippen molar-refractivity contribution < 1.29 is 9.53 Å². The summed E-state index contributed by atoms with van der Waals surface area (Å²) in [5.74, 6) is 0.686. The molecule has 4 nitrogen and oxygen atoms in total. The van der Waals surface area contributed by atoms with E-state index in [-0.39, 0.29) is 5.91 Å². The molecule has 2 aromatic carbocycles. The molecule has 0 aliphatic carbocycles. The van der Waals surface area contributed by atoms with E-state index >= 15 is 0 Å². The van der Waals surface area contributed by atoms with Crippen molar-refractivity contribution in [3.8, 4) is 5.75 Å². The van der Waals surface area contributed by atoms with E-state index in [1.807, 2.05) is 29.2 Å². The van der Waals surface area contributed by atoms with Crippen LogP contribution in [0.1, 0.15) is 15.9 Å². The summed E-state index contributed by atoms with van der Waals surface area (Å²) in [6.07, 6.45) is 0. The van der Waals surface area contributed by atoms with Gasteiger partial charge in [0.15, 0.2) is 0 Å².